The van der Waals surface area contributed by atoms with Crippen LogP contribution in [-0.2, 0) is 14.3 Å². The van der Waals surface area contributed by atoms with E-state index in [1.165, 1.54) is 5.56 Å². The average molecular weight is 334 g/mol. The number of hydrogen-bond donors (Lipinski definition) is 1. The molecule has 0 saturated carbocycles. The summed E-state index contributed by atoms with van der Waals surface area (Å²) >= 11 is 1.63. The molecule has 2 amide bonds. The highest BCUT2D eigenvalue weighted by Crippen LogP contribution is 2.26. The molecule has 2 aliphatic rings. The van der Waals surface area contributed by atoms with Gasteiger partial charge in [0.05, 0.1) is 18.4 Å². The van der Waals surface area contributed by atoms with E-state index in [4.69, 9.17) is 4.74 Å². The van der Waals surface area contributed by atoms with E-state index in [9.17, 15) is 9.59 Å². The normalized spacial score (nSPS) is 24.0. The summed E-state index contributed by atoms with van der Waals surface area (Å²) < 4.78 is 5.30. The second-order valence-electron chi connectivity index (χ2n) is 6.17. The fourth-order valence-corrected chi connectivity index (χ4v) is 4.05. The smallest absolute Gasteiger partial charge is 0.248 e. The van der Waals surface area contributed by atoms with Gasteiger partial charge < -0.3 is 15.0 Å². The molecule has 2 atom stereocenters. The molecule has 0 radical (unpaired) electrons. The molecule has 0 spiro atoms. The van der Waals surface area contributed by atoms with Crippen molar-refractivity contribution >= 4 is 29.3 Å². The fraction of sp³-hybridized carbons (Fsp3) is 0.529. The van der Waals surface area contributed by atoms with Crippen molar-refractivity contribution in [2.24, 2.45) is 5.92 Å². The number of benzene rings is 1. The van der Waals surface area contributed by atoms with Gasteiger partial charge in [0.15, 0.2) is 0 Å². The van der Waals surface area contributed by atoms with Crippen LogP contribution >= 0.6 is 11.8 Å². The third-order valence-corrected chi connectivity index (χ3v) is 5.53. The number of rotatable bonds is 3. The van der Waals surface area contributed by atoms with Crippen LogP contribution in [0.3, 0.4) is 0 Å². The summed E-state index contributed by atoms with van der Waals surface area (Å²) in [4.78, 5) is 26.9. The number of aryl methyl sites for hydroxylation is 2. The van der Waals surface area contributed by atoms with Crippen LogP contribution in [0.2, 0.25) is 0 Å². The van der Waals surface area contributed by atoms with Gasteiger partial charge in [-0.3, -0.25) is 9.59 Å². The standard InChI is InChI=1S/C17H22N2O3S/c1-11-3-4-14(7-12(11)2)18-16(20)15-9-23-10-19(15)17(21)13-5-6-22-8-13/h3-4,7,13,15H,5-6,8-10H2,1-2H3,(H,18,20)/t13-,15+/m1/s1. The molecule has 0 unspecified atom stereocenters. The van der Waals surface area contributed by atoms with Crippen LogP contribution in [0.1, 0.15) is 17.5 Å². The highest BCUT2D eigenvalue weighted by Gasteiger charge is 2.38. The van der Waals surface area contributed by atoms with Crippen LogP contribution in [0.4, 0.5) is 5.69 Å². The molecule has 124 valence electrons. The van der Waals surface area contributed by atoms with Gasteiger partial charge in [0.2, 0.25) is 11.8 Å². The lowest BCUT2D eigenvalue weighted by molar-refractivity contribution is -0.139. The summed E-state index contributed by atoms with van der Waals surface area (Å²) in [6.45, 7) is 5.17. The number of thioether (sulfide) groups is 1. The molecule has 1 aromatic rings. The van der Waals surface area contributed by atoms with Crippen LogP contribution in [-0.4, -0.2) is 47.6 Å². The number of carbonyl (C=O) groups excluding carboxylic acids is 2. The summed E-state index contributed by atoms with van der Waals surface area (Å²) in [5.41, 5.74) is 3.11. The highest BCUT2D eigenvalue weighted by molar-refractivity contribution is 7.99. The Morgan fingerprint density at radius 3 is 2.83 bits per heavy atom. The van der Waals surface area contributed by atoms with Crippen molar-refractivity contribution in [1.29, 1.82) is 0 Å². The van der Waals surface area contributed by atoms with Crippen molar-refractivity contribution < 1.29 is 14.3 Å². The van der Waals surface area contributed by atoms with E-state index in [1.807, 2.05) is 32.0 Å². The van der Waals surface area contributed by atoms with E-state index >= 15 is 0 Å². The van der Waals surface area contributed by atoms with Gasteiger partial charge >= 0.3 is 0 Å². The van der Waals surface area contributed by atoms with Crippen LogP contribution in [0.5, 0.6) is 0 Å². The van der Waals surface area contributed by atoms with Crippen molar-refractivity contribution in [1.82, 2.24) is 4.90 Å². The lowest BCUT2D eigenvalue weighted by Gasteiger charge is -2.25. The number of amides is 2. The van der Waals surface area contributed by atoms with Crippen LogP contribution in [0, 0.1) is 19.8 Å². The number of ether oxygens (including phenoxy) is 1. The van der Waals surface area contributed by atoms with Gasteiger partial charge in [0.25, 0.3) is 0 Å². The molecule has 1 aromatic carbocycles. The van der Waals surface area contributed by atoms with Gasteiger partial charge in [-0.1, -0.05) is 6.07 Å². The molecular weight excluding hydrogens is 312 g/mol. The molecule has 2 aliphatic heterocycles. The predicted molar refractivity (Wildman–Crippen MR) is 91.4 cm³/mol. The number of nitrogens with one attached hydrogen (secondary N) is 1. The first-order valence-electron chi connectivity index (χ1n) is 7.90. The number of anilines is 1. The molecule has 0 aromatic heterocycles. The molecule has 0 bridgehead atoms. The lowest BCUT2D eigenvalue weighted by Crippen LogP contribution is -2.46. The van der Waals surface area contributed by atoms with Crippen molar-refractivity contribution in [3.8, 4) is 0 Å². The lowest BCUT2D eigenvalue weighted by atomic mass is 10.1. The van der Waals surface area contributed by atoms with E-state index < -0.39 is 6.04 Å². The zero-order valence-corrected chi connectivity index (χ0v) is 14.3. The zero-order valence-electron chi connectivity index (χ0n) is 13.5. The van der Waals surface area contributed by atoms with E-state index in [0.29, 0.717) is 24.8 Å². The summed E-state index contributed by atoms with van der Waals surface area (Å²) in [6.07, 6.45) is 0.755. The third-order valence-electron chi connectivity index (χ3n) is 4.52. The van der Waals surface area contributed by atoms with Crippen LogP contribution < -0.4 is 5.32 Å². The molecule has 2 heterocycles. The first-order chi connectivity index (χ1) is 11.1. The third kappa shape index (κ3) is 3.53. The van der Waals surface area contributed by atoms with Gasteiger partial charge in [0.1, 0.15) is 6.04 Å². The fourth-order valence-electron chi connectivity index (χ4n) is 2.89. The number of hydrogen-bond acceptors (Lipinski definition) is 4. The molecule has 2 fully saturated rings. The van der Waals surface area contributed by atoms with Gasteiger partial charge in [-0.25, -0.2) is 0 Å². The van der Waals surface area contributed by atoms with Gasteiger partial charge in [0, 0.05) is 18.0 Å². The van der Waals surface area contributed by atoms with Crippen molar-refractivity contribution in [2.75, 3.05) is 30.2 Å². The molecule has 23 heavy (non-hydrogen) atoms. The van der Waals surface area contributed by atoms with Crippen molar-refractivity contribution in [2.45, 2.75) is 26.3 Å². The Kier molecular flexibility index (Phi) is 4.92. The summed E-state index contributed by atoms with van der Waals surface area (Å²) in [5, 5.41) is 2.95. The Hall–Kier alpha value is -1.53. The first kappa shape index (κ1) is 16.3. The molecule has 3 rings (SSSR count). The molecule has 5 nitrogen and oxygen atoms in total. The summed E-state index contributed by atoms with van der Waals surface area (Å²) in [6, 6.07) is 5.47. The monoisotopic (exact) mass is 334 g/mol. The Labute approximate surface area is 140 Å². The predicted octanol–water partition coefficient (Wildman–Crippen LogP) is 2.18. The molecule has 6 heteroatoms. The van der Waals surface area contributed by atoms with E-state index in [1.54, 1.807) is 16.7 Å². The van der Waals surface area contributed by atoms with Gasteiger partial charge in [-0.15, -0.1) is 11.8 Å². The minimum absolute atomic E-state index is 0.0488. The zero-order chi connectivity index (χ0) is 16.4. The Morgan fingerprint density at radius 1 is 1.30 bits per heavy atom. The molecule has 2 saturated heterocycles. The topological polar surface area (TPSA) is 58.6 Å². The first-order valence-corrected chi connectivity index (χ1v) is 9.06. The second kappa shape index (κ2) is 6.93. The molecule has 0 aliphatic carbocycles. The second-order valence-corrected chi connectivity index (χ2v) is 7.17. The van der Waals surface area contributed by atoms with Crippen LogP contribution in [0.15, 0.2) is 18.2 Å². The quantitative estimate of drug-likeness (QED) is 0.920. The highest BCUT2D eigenvalue weighted by atomic mass is 32.2. The summed E-state index contributed by atoms with van der Waals surface area (Å²) in [5.74, 6) is 1.08. The van der Waals surface area contributed by atoms with Crippen molar-refractivity contribution in [3.05, 3.63) is 29.3 Å². The summed E-state index contributed by atoms with van der Waals surface area (Å²) in [7, 11) is 0. The minimum Gasteiger partial charge on any atom is -0.381 e. The van der Waals surface area contributed by atoms with Crippen molar-refractivity contribution in [3.63, 3.8) is 0 Å². The SMILES string of the molecule is Cc1ccc(NC(=O)[C@@H]2CSCN2C(=O)[C@@H]2CCOC2)cc1C. The Morgan fingerprint density at radius 2 is 2.13 bits per heavy atom. The van der Waals surface area contributed by atoms with Gasteiger partial charge in [-0.05, 0) is 43.5 Å². The molecular formula is C17H22N2O3S. The minimum atomic E-state index is -0.394. The number of nitrogens with zero attached hydrogens (tertiary/aromatic N) is 1. The Balaban J connectivity index is 1.67. The maximum atomic E-state index is 12.6. The number of carbonyl (C=O) groups is 2. The molecule has 1 N–H and O–H groups in total. The van der Waals surface area contributed by atoms with Crippen LogP contribution in [0.25, 0.3) is 0 Å². The van der Waals surface area contributed by atoms with E-state index in [0.717, 1.165) is 17.7 Å². The average Bonchev–Trinajstić information content (AvgIpc) is 3.21. The maximum Gasteiger partial charge on any atom is 0.248 e. The van der Waals surface area contributed by atoms with E-state index in [2.05, 4.69) is 5.32 Å². The largest absolute Gasteiger partial charge is 0.381 e. The van der Waals surface area contributed by atoms with Gasteiger partial charge in [-0.2, -0.15) is 0 Å². The Bertz CT molecular complexity index is 614. The van der Waals surface area contributed by atoms with E-state index in [-0.39, 0.29) is 17.7 Å². The maximum absolute atomic E-state index is 12.6.